The normalized spacial score (nSPS) is 12.4. The lowest BCUT2D eigenvalue weighted by Crippen LogP contribution is -2.12. The van der Waals surface area contributed by atoms with Crippen molar-refractivity contribution in [2.24, 2.45) is 5.73 Å². The number of nitrogens with two attached hydrogens (primary N) is 1. The van der Waals surface area contributed by atoms with Gasteiger partial charge in [-0.25, -0.2) is 0 Å². The summed E-state index contributed by atoms with van der Waals surface area (Å²) in [6.07, 6.45) is 0. The van der Waals surface area contributed by atoms with Gasteiger partial charge in [0.2, 0.25) is 0 Å². The van der Waals surface area contributed by atoms with Crippen LogP contribution in [0.3, 0.4) is 0 Å². The summed E-state index contributed by atoms with van der Waals surface area (Å²) in [5.74, 6) is 0.796. The molecule has 0 aliphatic heterocycles. The highest BCUT2D eigenvalue weighted by Gasteiger charge is 2.06. The Morgan fingerprint density at radius 3 is 2.69 bits per heavy atom. The lowest BCUT2D eigenvalue weighted by Gasteiger charge is -2.13. The van der Waals surface area contributed by atoms with Gasteiger partial charge in [0.25, 0.3) is 0 Å². The van der Waals surface area contributed by atoms with Crippen LogP contribution in [-0.4, -0.2) is 31.5 Å². The molecule has 0 saturated carbocycles. The summed E-state index contributed by atoms with van der Waals surface area (Å²) in [5.41, 5.74) is 6.81. The van der Waals surface area contributed by atoms with E-state index in [1.54, 1.807) is 0 Å². The van der Waals surface area contributed by atoms with Crippen molar-refractivity contribution in [3.8, 4) is 5.75 Å². The van der Waals surface area contributed by atoms with Gasteiger partial charge in [-0.15, -0.1) is 0 Å². The van der Waals surface area contributed by atoms with Gasteiger partial charge < -0.3 is 20.3 Å². The van der Waals surface area contributed by atoms with Gasteiger partial charge in [0.05, 0.1) is 19.8 Å². The van der Waals surface area contributed by atoms with Crippen LogP contribution in [0.5, 0.6) is 5.75 Å². The minimum Gasteiger partial charge on any atom is -0.491 e. The Morgan fingerprint density at radius 2 is 2.00 bits per heavy atom. The zero-order valence-corrected chi connectivity index (χ0v) is 9.56. The van der Waals surface area contributed by atoms with Crippen LogP contribution in [0.1, 0.15) is 18.5 Å². The second-order valence-corrected chi connectivity index (χ2v) is 3.51. The van der Waals surface area contributed by atoms with E-state index in [1.165, 1.54) is 0 Å². The zero-order valence-electron chi connectivity index (χ0n) is 9.56. The number of para-hydroxylation sites is 1. The second kappa shape index (κ2) is 7.22. The summed E-state index contributed by atoms with van der Waals surface area (Å²) in [5, 5.41) is 8.52. The molecule has 3 N–H and O–H groups in total. The number of ether oxygens (including phenoxy) is 2. The third-order valence-electron chi connectivity index (χ3n) is 2.13. The van der Waals surface area contributed by atoms with E-state index < -0.39 is 0 Å². The van der Waals surface area contributed by atoms with Gasteiger partial charge in [0.1, 0.15) is 12.4 Å². The molecule has 4 heteroatoms. The molecule has 1 atom stereocenters. The Labute approximate surface area is 96.0 Å². The first kappa shape index (κ1) is 13.0. The third kappa shape index (κ3) is 4.18. The van der Waals surface area contributed by atoms with Gasteiger partial charge in [-0.2, -0.15) is 0 Å². The number of hydrogen-bond donors (Lipinski definition) is 2. The number of hydrogen-bond acceptors (Lipinski definition) is 4. The van der Waals surface area contributed by atoms with Crippen molar-refractivity contribution in [3.05, 3.63) is 29.8 Å². The average Bonchev–Trinajstić information content (AvgIpc) is 2.29. The maximum Gasteiger partial charge on any atom is 0.124 e. The first-order valence-corrected chi connectivity index (χ1v) is 5.41. The monoisotopic (exact) mass is 225 g/mol. The van der Waals surface area contributed by atoms with Crippen molar-refractivity contribution >= 4 is 0 Å². The number of aliphatic hydroxyl groups is 1. The van der Waals surface area contributed by atoms with E-state index in [0.717, 1.165) is 11.3 Å². The molecule has 16 heavy (non-hydrogen) atoms. The second-order valence-electron chi connectivity index (χ2n) is 3.51. The van der Waals surface area contributed by atoms with Crippen LogP contribution >= 0.6 is 0 Å². The molecular formula is C12H19NO3. The number of benzene rings is 1. The Bertz CT molecular complexity index is 302. The molecule has 1 rings (SSSR count). The Balaban J connectivity index is 2.41. The van der Waals surface area contributed by atoms with Gasteiger partial charge >= 0.3 is 0 Å². The molecule has 4 nitrogen and oxygen atoms in total. The molecule has 0 amide bonds. The highest BCUT2D eigenvalue weighted by Crippen LogP contribution is 2.22. The van der Waals surface area contributed by atoms with E-state index in [9.17, 15) is 0 Å². The SMILES string of the molecule is CC(N)c1ccccc1OCCOCCO. The van der Waals surface area contributed by atoms with Crippen molar-refractivity contribution in [2.75, 3.05) is 26.4 Å². The van der Waals surface area contributed by atoms with E-state index in [0.29, 0.717) is 19.8 Å². The van der Waals surface area contributed by atoms with Gasteiger partial charge in [0, 0.05) is 11.6 Å². The highest BCUT2D eigenvalue weighted by molar-refractivity contribution is 5.35. The van der Waals surface area contributed by atoms with Crippen molar-refractivity contribution in [2.45, 2.75) is 13.0 Å². The van der Waals surface area contributed by atoms with Crippen LogP contribution in [0.25, 0.3) is 0 Å². The Hall–Kier alpha value is -1.10. The fourth-order valence-electron chi connectivity index (χ4n) is 1.37. The van der Waals surface area contributed by atoms with Gasteiger partial charge in [0.15, 0.2) is 0 Å². The van der Waals surface area contributed by atoms with Crippen LogP contribution in [0.4, 0.5) is 0 Å². The molecule has 0 aliphatic carbocycles. The predicted octanol–water partition coefficient (Wildman–Crippen LogP) is 1.09. The first-order chi connectivity index (χ1) is 7.75. The smallest absolute Gasteiger partial charge is 0.124 e. The molecule has 0 bridgehead atoms. The lowest BCUT2D eigenvalue weighted by atomic mass is 10.1. The van der Waals surface area contributed by atoms with E-state index >= 15 is 0 Å². The van der Waals surface area contributed by atoms with E-state index in [2.05, 4.69) is 0 Å². The lowest BCUT2D eigenvalue weighted by molar-refractivity contribution is 0.0702. The molecule has 0 radical (unpaired) electrons. The van der Waals surface area contributed by atoms with Crippen LogP contribution in [0.15, 0.2) is 24.3 Å². The number of aliphatic hydroxyl groups excluding tert-OH is 1. The van der Waals surface area contributed by atoms with E-state index in [-0.39, 0.29) is 12.6 Å². The summed E-state index contributed by atoms with van der Waals surface area (Å²) < 4.78 is 10.7. The van der Waals surface area contributed by atoms with Gasteiger partial charge in [-0.1, -0.05) is 18.2 Å². The fraction of sp³-hybridized carbons (Fsp3) is 0.500. The molecule has 1 aromatic carbocycles. The molecule has 1 aromatic rings. The topological polar surface area (TPSA) is 64.7 Å². The summed E-state index contributed by atoms with van der Waals surface area (Å²) >= 11 is 0. The average molecular weight is 225 g/mol. The summed E-state index contributed by atoms with van der Waals surface area (Å²) in [6.45, 7) is 3.23. The highest BCUT2D eigenvalue weighted by atomic mass is 16.5. The standard InChI is InChI=1S/C12H19NO3/c1-10(13)11-4-2-3-5-12(11)16-9-8-15-7-6-14/h2-5,10,14H,6-9,13H2,1H3. The molecule has 0 heterocycles. The van der Waals surface area contributed by atoms with E-state index in [1.807, 2.05) is 31.2 Å². The molecule has 0 fully saturated rings. The Kier molecular flexibility index (Phi) is 5.85. The largest absolute Gasteiger partial charge is 0.491 e. The third-order valence-corrected chi connectivity index (χ3v) is 2.13. The summed E-state index contributed by atoms with van der Waals surface area (Å²) in [6, 6.07) is 7.65. The molecule has 0 saturated heterocycles. The number of rotatable bonds is 7. The maximum absolute atomic E-state index is 8.52. The molecule has 1 unspecified atom stereocenters. The summed E-state index contributed by atoms with van der Waals surface area (Å²) in [4.78, 5) is 0. The summed E-state index contributed by atoms with van der Waals surface area (Å²) in [7, 11) is 0. The van der Waals surface area contributed by atoms with Crippen molar-refractivity contribution in [3.63, 3.8) is 0 Å². The minimum atomic E-state index is -0.0467. The van der Waals surface area contributed by atoms with Gasteiger partial charge in [-0.05, 0) is 13.0 Å². The van der Waals surface area contributed by atoms with Crippen LogP contribution in [0.2, 0.25) is 0 Å². The predicted molar refractivity (Wildman–Crippen MR) is 62.4 cm³/mol. The fourth-order valence-corrected chi connectivity index (χ4v) is 1.37. The quantitative estimate of drug-likeness (QED) is 0.682. The van der Waals surface area contributed by atoms with Crippen molar-refractivity contribution in [1.29, 1.82) is 0 Å². The first-order valence-electron chi connectivity index (χ1n) is 5.41. The van der Waals surface area contributed by atoms with E-state index in [4.69, 9.17) is 20.3 Å². The zero-order chi connectivity index (χ0) is 11.8. The van der Waals surface area contributed by atoms with Crippen molar-refractivity contribution < 1.29 is 14.6 Å². The molecular weight excluding hydrogens is 206 g/mol. The van der Waals surface area contributed by atoms with Crippen LogP contribution < -0.4 is 10.5 Å². The van der Waals surface area contributed by atoms with Gasteiger partial charge in [-0.3, -0.25) is 0 Å². The van der Waals surface area contributed by atoms with Crippen LogP contribution in [0, 0.1) is 0 Å². The Morgan fingerprint density at radius 1 is 1.25 bits per heavy atom. The maximum atomic E-state index is 8.52. The molecule has 0 aliphatic rings. The molecule has 0 aromatic heterocycles. The molecule has 90 valence electrons. The minimum absolute atomic E-state index is 0.0381. The van der Waals surface area contributed by atoms with Crippen LogP contribution in [-0.2, 0) is 4.74 Å². The van der Waals surface area contributed by atoms with Crippen molar-refractivity contribution in [1.82, 2.24) is 0 Å². The molecule has 0 spiro atoms.